The third-order valence-corrected chi connectivity index (χ3v) is 4.24. The van der Waals surface area contributed by atoms with E-state index in [2.05, 4.69) is 17.6 Å². The lowest BCUT2D eigenvalue weighted by atomic mass is 10.2. The molecule has 28 heavy (non-hydrogen) atoms. The highest BCUT2D eigenvalue weighted by Gasteiger charge is 2.04. The van der Waals surface area contributed by atoms with Crippen LogP contribution >= 0.6 is 0 Å². The molecule has 2 aromatic carbocycles. The molecule has 0 unspecified atom stereocenters. The van der Waals surface area contributed by atoms with Crippen molar-refractivity contribution in [3.8, 4) is 5.75 Å². The molecule has 0 aliphatic carbocycles. The lowest BCUT2D eigenvalue weighted by molar-refractivity contribution is -0.118. The molecule has 1 amide bonds. The van der Waals surface area contributed by atoms with Crippen molar-refractivity contribution in [2.75, 3.05) is 31.7 Å². The molecule has 0 saturated carbocycles. The van der Waals surface area contributed by atoms with Gasteiger partial charge in [0, 0.05) is 25.4 Å². The van der Waals surface area contributed by atoms with Crippen LogP contribution in [0.3, 0.4) is 0 Å². The van der Waals surface area contributed by atoms with E-state index in [1.54, 1.807) is 0 Å². The average molecular weight is 385 g/mol. The van der Waals surface area contributed by atoms with Gasteiger partial charge in [-0.05, 0) is 56.1 Å². The van der Waals surface area contributed by atoms with Crippen molar-refractivity contribution in [3.63, 3.8) is 0 Å². The maximum absolute atomic E-state index is 12.0. The molecule has 2 rings (SSSR count). The van der Waals surface area contributed by atoms with Crippen LogP contribution in [-0.2, 0) is 16.1 Å². The second kappa shape index (κ2) is 12.9. The molecule has 0 saturated heterocycles. The maximum atomic E-state index is 12.0. The van der Waals surface area contributed by atoms with Crippen molar-refractivity contribution in [1.82, 2.24) is 5.32 Å². The Balaban J connectivity index is 1.60. The molecule has 152 valence electrons. The molecular weight excluding hydrogens is 352 g/mol. The van der Waals surface area contributed by atoms with E-state index in [1.807, 2.05) is 55.5 Å². The number of carbonyl (C=O) groups excluding carboxylic acids is 1. The molecule has 0 fully saturated rings. The maximum Gasteiger partial charge on any atom is 0.262 e. The molecule has 0 aliphatic heterocycles. The second-order valence-corrected chi connectivity index (χ2v) is 6.84. The summed E-state index contributed by atoms with van der Waals surface area (Å²) in [5.74, 6) is 0.517. The van der Waals surface area contributed by atoms with E-state index in [4.69, 9.17) is 9.47 Å². The van der Waals surface area contributed by atoms with Crippen LogP contribution in [0.25, 0.3) is 0 Å². The van der Waals surface area contributed by atoms with E-state index >= 15 is 0 Å². The number of carbonyl (C=O) groups is 1. The Labute approximate surface area is 168 Å². The molecule has 2 N–H and O–H groups in total. The zero-order valence-corrected chi connectivity index (χ0v) is 17.0. The summed E-state index contributed by atoms with van der Waals surface area (Å²) in [5, 5.41) is 6.23. The van der Waals surface area contributed by atoms with Crippen LogP contribution in [0.2, 0.25) is 0 Å². The molecule has 0 spiro atoms. The first-order valence-electron chi connectivity index (χ1n) is 10.0. The van der Waals surface area contributed by atoms with Gasteiger partial charge in [0.1, 0.15) is 5.75 Å². The minimum absolute atomic E-state index is 0.0104. The van der Waals surface area contributed by atoms with Crippen molar-refractivity contribution in [2.24, 2.45) is 0 Å². The Hall–Kier alpha value is -2.37. The van der Waals surface area contributed by atoms with E-state index in [-0.39, 0.29) is 12.5 Å². The Morgan fingerprint density at radius 2 is 1.68 bits per heavy atom. The number of rotatable bonds is 13. The van der Waals surface area contributed by atoms with Crippen LogP contribution in [0.15, 0.2) is 48.5 Å². The van der Waals surface area contributed by atoms with Crippen LogP contribution in [0.5, 0.6) is 5.75 Å². The highest BCUT2D eigenvalue weighted by atomic mass is 16.5. The summed E-state index contributed by atoms with van der Waals surface area (Å²) in [6, 6.07) is 15.5. The zero-order valence-electron chi connectivity index (χ0n) is 17.0. The molecular formula is C23H32N2O3. The SMILES string of the molecule is CCCCOCCCNCc1ccc(OCC(=O)Nc2ccc(C)cc2)cc1. The Bertz CT molecular complexity index is 684. The van der Waals surface area contributed by atoms with Gasteiger partial charge in [-0.3, -0.25) is 4.79 Å². The first-order chi connectivity index (χ1) is 13.7. The third-order valence-electron chi connectivity index (χ3n) is 4.24. The van der Waals surface area contributed by atoms with E-state index < -0.39 is 0 Å². The van der Waals surface area contributed by atoms with Gasteiger partial charge in [-0.25, -0.2) is 0 Å². The van der Waals surface area contributed by atoms with E-state index in [0.29, 0.717) is 5.75 Å². The van der Waals surface area contributed by atoms with Gasteiger partial charge in [0.05, 0.1) is 0 Å². The summed E-state index contributed by atoms with van der Waals surface area (Å²) in [6.07, 6.45) is 3.33. The summed E-state index contributed by atoms with van der Waals surface area (Å²) in [5.41, 5.74) is 3.11. The van der Waals surface area contributed by atoms with Crippen molar-refractivity contribution in [3.05, 3.63) is 59.7 Å². The standard InChI is InChI=1S/C23H32N2O3/c1-3-4-15-27-16-5-14-24-17-20-8-12-22(13-9-20)28-18-23(26)25-21-10-6-19(2)7-11-21/h6-13,24H,3-5,14-18H2,1-2H3,(H,25,26). The van der Waals surface area contributed by atoms with Crippen molar-refractivity contribution in [1.29, 1.82) is 0 Å². The first kappa shape index (κ1) is 21.9. The van der Waals surface area contributed by atoms with Gasteiger partial charge in [0.15, 0.2) is 6.61 Å². The molecule has 0 heterocycles. The quantitative estimate of drug-likeness (QED) is 0.505. The highest BCUT2D eigenvalue weighted by molar-refractivity contribution is 5.91. The zero-order chi connectivity index (χ0) is 20.0. The normalized spacial score (nSPS) is 10.6. The van der Waals surface area contributed by atoms with Gasteiger partial charge >= 0.3 is 0 Å². The number of unbranched alkanes of at least 4 members (excludes halogenated alkanes) is 1. The fraction of sp³-hybridized carbons (Fsp3) is 0.435. The second-order valence-electron chi connectivity index (χ2n) is 6.84. The molecule has 5 nitrogen and oxygen atoms in total. The summed E-state index contributed by atoms with van der Waals surface area (Å²) in [4.78, 5) is 12.0. The number of benzene rings is 2. The smallest absolute Gasteiger partial charge is 0.262 e. The lowest BCUT2D eigenvalue weighted by Gasteiger charge is -2.09. The molecule has 0 aliphatic rings. The van der Waals surface area contributed by atoms with Crippen molar-refractivity contribution < 1.29 is 14.3 Å². The topological polar surface area (TPSA) is 59.6 Å². The Morgan fingerprint density at radius 3 is 2.39 bits per heavy atom. The number of amides is 1. The molecule has 2 aromatic rings. The van der Waals surface area contributed by atoms with Crippen LogP contribution < -0.4 is 15.4 Å². The van der Waals surface area contributed by atoms with Gasteiger partial charge < -0.3 is 20.1 Å². The van der Waals surface area contributed by atoms with Gasteiger partial charge in [0.25, 0.3) is 5.91 Å². The fourth-order valence-corrected chi connectivity index (χ4v) is 2.57. The third kappa shape index (κ3) is 9.02. The van der Waals surface area contributed by atoms with Crippen molar-refractivity contribution in [2.45, 2.75) is 39.7 Å². The number of anilines is 1. The number of nitrogens with one attached hydrogen (secondary N) is 2. The molecule has 5 heteroatoms. The molecule has 0 radical (unpaired) electrons. The number of hydrogen-bond donors (Lipinski definition) is 2. The van der Waals surface area contributed by atoms with Crippen LogP contribution in [0, 0.1) is 6.92 Å². The Morgan fingerprint density at radius 1 is 0.964 bits per heavy atom. The summed E-state index contributed by atoms with van der Waals surface area (Å²) in [6.45, 7) is 7.58. The number of ether oxygens (including phenoxy) is 2. The van der Waals surface area contributed by atoms with Crippen molar-refractivity contribution >= 4 is 11.6 Å². The van der Waals surface area contributed by atoms with Gasteiger partial charge in [-0.1, -0.05) is 43.2 Å². The summed E-state index contributed by atoms with van der Waals surface area (Å²) < 4.78 is 11.1. The van der Waals surface area contributed by atoms with E-state index in [0.717, 1.165) is 50.4 Å². The fourth-order valence-electron chi connectivity index (χ4n) is 2.57. The number of hydrogen-bond acceptors (Lipinski definition) is 4. The van der Waals surface area contributed by atoms with Crippen LogP contribution in [0.1, 0.15) is 37.3 Å². The van der Waals surface area contributed by atoms with Crippen LogP contribution in [-0.4, -0.2) is 32.3 Å². The van der Waals surface area contributed by atoms with Gasteiger partial charge in [0.2, 0.25) is 0 Å². The molecule has 0 atom stereocenters. The minimum atomic E-state index is -0.171. The van der Waals surface area contributed by atoms with Gasteiger partial charge in [-0.15, -0.1) is 0 Å². The predicted octanol–water partition coefficient (Wildman–Crippen LogP) is 4.31. The Kier molecular flexibility index (Phi) is 10.1. The summed E-state index contributed by atoms with van der Waals surface area (Å²) in [7, 11) is 0. The molecule has 0 bridgehead atoms. The van der Waals surface area contributed by atoms with E-state index in [9.17, 15) is 4.79 Å². The first-order valence-corrected chi connectivity index (χ1v) is 10.0. The minimum Gasteiger partial charge on any atom is -0.484 e. The van der Waals surface area contributed by atoms with Gasteiger partial charge in [-0.2, -0.15) is 0 Å². The number of aryl methyl sites for hydroxylation is 1. The van der Waals surface area contributed by atoms with E-state index in [1.165, 1.54) is 12.0 Å². The monoisotopic (exact) mass is 384 g/mol. The van der Waals surface area contributed by atoms with Crippen LogP contribution in [0.4, 0.5) is 5.69 Å². The summed E-state index contributed by atoms with van der Waals surface area (Å²) >= 11 is 0. The largest absolute Gasteiger partial charge is 0.484 e. The highest BCUT2D eigenvalue weighted by Crippen LogP contribution is 2.13. The predicted molar refractivity (Wildman–Crippen MR) is 114 cm³/mol. The molecule has 0 aromatic heterocycles. The average Bonchev–Trinajstić information content (AvgIpc) is 2.71. The lowest BCUT2D eigenvalue weighted by Crippen LogP contribution is -2.20.